The first-order chi connectivity index (χ1) is 10.2. The van der Waals surface area contributed by atoms with E-state index in [0.717, 1.165) is 18.3 Å². The van der Waals surface area contributed by atoms with Gasteiger partial charge in [-0.1, -0.05) is 18.2 Å². The second-order valence-corrected chi connectivity index (χ2v) is 6.00. The maximum atomic E-state index is 5.45. The second kappa shape index (κ2) is 5.90. The van der Waals surface area contributed by atoms with E-state index in [0.29, 0.717) is 0 Å². The molecule has 2 aromatic rings. The quantitative estimate of drug-likeness (QED) is 0.885. The van der Waals surface area contributed by atoms with E-state index in [1.807, 2.05) is 0 Å². The van der Waals surface area contributed by atoms with Gasteiger partial charge in [0.1, 0.15) is 5.75 Å². The number of methoxy groups -OCH3 is 1. The highest BCUT2D eigenvalue weighted by Gasteiger charge is 2.19. The molecule has 0 atom stereocenters. The van der Waals surface area contributed by atoms with Crippen molar-refractivity contribution in [3.05, 3.63) is 53.1 Å². The highest BCUT2D eigenvalue weighted by Crippen LogP contribution is 2.30. The van der Waals surface area contributed by atoms with E-state index < -0.39 is 0 Å². The molecule has 1 fully saturated rings. The Kier molecular flexibility index (Phi) is 3.98. The SMILES string of the molecule is COc1c(C)cc(-c2cccc(CNC3CC3)c2)cc1C. The molecule has 0 amide bonds. The average molecular weight is 281 g/mol. The molecular weight excluding hydrogens is 258 g/mol. The van der Waals surface area contributed by atoms with Gasteiger partial charge < -0.3 is 10.1 Å². The molecular formula is C19H23NO. The van der Waals surface area contributed by atoms with Crippen molar-refractivity contribution in [2.75, 3.05) is 7.11 Å². The minimum atomic E-state index is 0.749. The molecule has 0 aromatic heterocycles. The van der Waals surface area contributed by atoms with E-state index in [-0.39, 0.29) is 0 Å². The molecule has 21 heavy (non-hydrogen) atoms. The van der Waals surface area contributed by atoms with Gasteiger partial charge in [0.15, 0.2) is 0 Å². The first-order valence-corrected chi connectivity index (χ1v) is 7.65. The van der Waals surface area contributed by atoms with Crippen LogP contribution in [0, 0.1) is 13.8 Å². The predicted molar refractivity (Wildman–Crippen MR) is 87.8 cm³/mol. The summed E-state index contributed by atoms with van der Waals surface area (Å²) < 4.78 is 5.45. The Hall–Kier alpha value is -1.80. The third-order valence-corrected chi connectivity index (χ3v) is 4.10. The van der Waals surface area contributed by atoms with Crippen molar-refractivity contribution >= 4 is 0 Å². The van der Waals surface area contributed by atoms with E-state index in [1.54, 1.807) is 7.11 Å². The van der Waals surface area contributed by atoms with Crippen molar-refractivity contribution in [1.82, 2.24) is 5.32 Å². The summed E-state index contributed by atoms with van der Waals surface area (Å²) in [6.07, 6.45) is 2.66. The van der Waals surface area contributed by atoms with Gasteiger partial charge in [-0.2, -0.15) is 0 Å². The van der Waals surface area contributed by atoms with Crippen molar-refractivity contribution < 1.29 is 4.74 Å². The summed E-state index contributed by atoms with van der Waals surface area (Å²) in [6, 6.07) is 14.0. The van der Waals surface area contributed by atoms with Crippen molar-refractivity contribution in [2.24, 2.45) is 0 Å². The summed E-state index contributed by atoms with van der Waals surface area (Å²) in [5.74, 6) is 0.991. The van der Waals surface area contributed by atoms with Crippen LogP contribution in [-0.2, 0) is 6.54 Å². The predicted octanol–water partition coefficient (Wildman–Crippen LogP) is 4.23. The number of hydrogen-bond donors (Lipinski definition) is 1. The lowest BCUT2D eigenvalue weighted by molar-refractivity contribution is 0.408. The van der Waals surface area contributed by atoms with E-state index in [4.69, 9.17) is 4.74 Å². The zero-order valence-electron chi connectivity index (χ0n) is 13.1. The molecule has 0 bridgehead atoms. The summed E-state index contributed by atoms with van der Waals surface area (Å²) in [4.78, 5) is 0. The van der Waals surface area contributed by atoms with Gasteiger partial charge in [0.25, 0.3) is 0 Å². The van der Waals surface area contributed by atoms with Gasteiger partial charge in [0, 0.05) is 12.6 Å². The molecule has 1 aliphatic rings. The standard InChI is InChI=1S/C19H23NO/c1-13-9-17(10-14(2)19(13)21-3)16-6-4-5-15(11-16)12-20-18-7-8-18/h4-6,9-11,18,20H,7-8,12H2,1-3H3. The number of benzene rings is 2. The molecule has 0 radical (unpaired) electrons. The summed E-state index contributed by atoms with van der Waals surface area (Å²) >= 11 is 0. The fraction of sp³-hybridized carbons (Fsp3) is 0.368. The van der Waals surface area contributed by atoms with Crippen LogP contribution in [0.4, 0.5) is 0 Å². The molecule has 2 nitrogen and oxygen atoms in total. The molecule has 0 saturated heterocycles. The zero-order chi connectivity index (χ0) is 14.8. The number of hydrogen-bond acceptors (Lipinski definition) is 2. The van der Waals surface area contributed by atoms with E-state index >= 15 is 0 Å². The summed E-state index contributed by atoms with van der Waals surface area (Å²) in [7, 11) is 1.74. The fourth-order valence-electron chi connectivity index (χ4n) is 2.85. The monoisotopic (exact) mass is 281 g/mol. The van der Waals surface area contributed by atoms with Crippen molar-refractivity contribution in [1.29, 1.82) is 0 Å². The van der Waals surface area contributed by atoms with Gasteiger partial charge in [0.05, 0.1) is 7.11 Å². The molecule has 3 rings (SSSR count). The maximum Gasteiger partial charge on any atom is 0.124 e. The van der Waals surface area contributed by atoms with E-state index in [9.17, 15) is 0 Å². The van der Waals surface area contributed by atoms with Crippen LogP contribution in [0.2, 0.25) is 0 Å². The minimum absolute atomic E-state index is 0.749. The summed E-state index contributed by atoms with van der Waals surface area (Å²) in [5, 5.41) is 3.57. The number of rotatable bonds is 5. The lowest BCUT2D eigenvalue weighted by Gasteiger charge is -2.12. The van der Waals surface area contributed by atoms with Crippen LogP contribution in [0.5, 0.6) is 5.75 Å². The Balaban J connectivity index is 1.87. The van der Waals surface area contributed by atoms with Crippen molar-refractivity contribution in [3.63, 3.8) is 0 Å². The van der Waals surface area contributed by atoms with Crippen LogP contribution in [0.15, 0.2) is 36.4 Å². The Morgan fingerprint density at radius 1 is 1.05 bits per heavy atom. The van der Waals surface area contributed by atoms with Gasteiger partial charge >= 0.3 is 0 Å². The van der Waals surface area contributed by atoms with Gasteiger partial charge in [-0.3, -0.25) is 0 Å². The largest absolute Gasteiger partial charge is 0.496 e. The van der Waals surface area contributed by atoms with Gasteiger partial charge in [-0.05, 0) is 72.7 Å². The minimum Gasteiger partial charge on any atom is -0.496 e. The molecule has 110 valence electrons. The highest BCUT2D eigenvalue weighted by atomic mass is 16.5. The third-order valence-electron chi connectivity index (χ3n) is 4.10. The smallest absolute Gasteiger partial charge is 0.124 e. The van der Waals surface area contributed by atoms with Crippen LogP contribution in [0.3, 0.4) is 0 Å². The Labute approximate surface area is 127 Å². The van der Waals surface area contributed by atoms with Crippen molar-refractivity contribution in [3.8, 4) is 16.9 Å². The lowest BCUT2D eigenvalue weighted by atomic mass is 9.98. The topological polar surface area (TPSA) is 21.3 Å². The Morgan fingerprint density at radius 3 is 2.38 bits per heavy atom. The molecule has 1 N–H and O–H groups in total. The second-order valence-electron chi connectivity index (χ2n) is 6.00. The van der Waals surface area contributed by atoms with E-state index in [1.165, 1.54) is 40.7 Å². The Morgan fingerprint density at radius 2 is 1.76 bits per heavy atom. The molecule has 1 aliphatic carbocycles. The van der Waals surface area contributed by atoms with Gasteiger partial charge in [-0.25, -0.2) is 0 Å². The molecule has 0 aliphatic heterocycles. The van der Waals surface area contributed by atoms with Crippen LogP contribution in [0.1, 0.15) is 29.5 Å². The van der Waals surface area contributed by atoms with Crippen LogP contribution in [-0.4, -0.2) is 13.2 Å². The molecule has 1 saturated carbocycles. The van der Waals surface area contributed by atoms with Crippen LogP contribution < -0.4 is 10.1 Å². The first kappa shape index (κ1) is 14.2. The summed E-state index contributed by atoms with van der Waals surface area (Å²) in [6.45, 7) is 5.17. The average Bonchev–Trinajstić information content (AvgIpc) is 3.29. The third kappa shape index (κ3) is 3.27. The maximum absolute atomic E-state index is 5.45. The van der Waals surface area contributed by atoms with Crippen LogP contribution in [0.25, 0.3) is 11.1 Å². The van der Waals surface area contributed by atoms with Crippen LogP contribution >= 0.6 is 0 Å². The lowest BCUT2D eigenvalue weighted by Crippen LogP contribution is -2.15. The van der Waals surface area contributed by atoms with E-state index in [2.05, 4.69) is 55.6 Å². The highest BCUT2D eigenvalue weighted by molar-refractivity contribution is 5.68. The first-order valence-electron chi connectivity index (χ1n) is 7.65. The number of aryl methyl sites for hydroxylation is 2. The number of ether oxygens (including phenoxy) is 1. The molecule has 2 aromatic carbocycles. The van der Waals surface area contributed by atoms with Gasteiger partial charge in [-0.15, -0.1) is 0 Å². The molecule has 0 unspecified atom stereocenters. The summed E-state index contributed by atoms with van der Waals surface area (Å²) in [5.41, 5.74) is 6.27. The fourth-order valence-corrected chi connectivity index (χ4v) is 2.85. The Bertz CT molecular complexity index is 621. The van der Waals surface area contributed by atoms with Gasteiger partial charge in [0.2, 0.25) is 0 Å². The van der Waals surface area contributed by atoms with Crippen molar-refractivity contribution in [2.45, 2.75) is 39.3 Å². The molecule has 0 spiro atoms. The molecule has 2 heteroatoms. The molecule has 0 heterocycles. The normalized spacial score (nSPS) is 14.2. The zero-order valence-corrected chi connectivity index (χ0v) is 13.1. The number of nitrogens with one attached hydrogen (secondary N) is 1.